The summed E-state index contributed by atoms with van der Waals surface area (Å²) in [7, 11) is 0. The third-order valence-electron chi connectivity index (χ3n) is 5.78. The molecule has 4 aromatic rings. The predicted octanol–water partition coefficient (Wildman–Crippen LogP) is 2.92. The number of carbonyl (C=O) groups excluding carboxylic acids is 1. The monoisotopic (exact) mass is 465 g/mol. The number of pyridine rings is 1. The summed E-state index contributed by atoms with van der Waals surface area (Å²) < 4.78 is 16.1. The molecular formula is C22H21N6O4S+. The first-order chi connectivity index (χ1) is 16.2. The van der Waals surface area contributed by atoms with Crippen LogP contribution in [0.15, 0.2) is 41.1 Å². The molecule has 168 valence electrons. The maximum atomic E-state index is 12.9. The first kappa shape index (κ1) is 19.8. The number of thiophene rings is 1. The van der Waals surface area contributed by atoms with Crippen LogP contribution in [-0.2, 0) is 0 Å². The van der Waals surface area contributed by atoms with Gasteiger partial charge in [-0.1, -0.05) is 0 Å². The van der Waals surface area contributed by atoms with E-state index in [2.05, 4.69) is 15.6 Å². The SMILES string of the molecule is Nc1c(C(=O)Nc2c[n+](N3CCCCC3)no2)sc2nc(-c3ccc4c(c3)OCO4)ccc12. The van der Waals surface area contributed by atoms with Gasteiger partial charge in [0.05, 0.1) is 29.3 Å². The predicted molar refractivity (Wildman–Crippen MR) is 122 cm³/mol. The van der Waals surface area contributed by atoms with E-state index >= 15 is 0 Å². The molecule has 0 unspecified atom stereocenters. The molecule has 10 nitrogen and oxygen atoms in total. The van der Waals surface area contributed by atoms with Gasteiger partial charge < -0.3 is 15.2 Å². The lowest BCUT2D eigenvalue weighted by Crippen LogP contribution is -2.60. The van der Waals surface area contributed by atoms with E-state index in [1.807, 2.05) is 30.3 Å². The van der Waals surface area contributed by atoms with Crippen LogP contribution >= 0.6 is 11.3 Å². The van der Waals surface area contributed by atoms with Gasteiger partial charge in [0.25, 0.3) is 12.1 Å². The van der Waals surface area contributed by atoms with E-state index in [-0.39, 0.29) is 18.6 Å². The third-order valence-corrected chi connectivity index (χ3v) is 6.90. The van der Waals surface area contributed by atoms with Crippen molar-refractivity contribution >= 4 is 39.0 Å². The van der Waals surface area contributed by atoms with Gasteiger partial charge in [-0.2, -0.15) is 5.01 Å². The topological polar surface area (TPSA) is 120 Å². The minimum absolute atomic E-state index is 0.217. The number of benzene rings is 1. The summed E-state index contributed by atoms with van der Waals surface area (Å²) in [4.78, 5) is 20.3. The van der Waals surface area contributed by atoms with Gasteiger partial charge in [0, 0.05) is 10.9 Å². The Morgan fingerprint density at radius 2 is 1.97 bits per heavy atom. The van der Waals surface area contributed by atoms with E-state index in [0.717, 1.165) is 42.6 Å². The number of hydrogen-bond acceptors (Lipinski definition) is 9. The lowest BCUT2D eigenvalue weighted by molar-refractivity contribution is -0.759. The Hall–Kier alpha value is -3.86. The maximum absolute atomic E-state index is 12.9. The van der Waals surface area contributed by atoms with Gasteiger partial charge in [-0.25, -0.2) is 4.98 Å². The fourth-order valence-corrected chi connectivity index (χ4v) is 5.05. The summed E-state index contributed by atoms with van der Waals surface area (Å²) in [5.41, 5.74) is 8.33. The van der Waals surface area contributed by atoms with E-state index in [4.69, 9.17) is 24.7 Å². The number of nitrogen functional groups attached to an aromatic ring is 1. The van der Waals surface area contributed by atoms with Gasteiger partial charge >= 0.3 is 5.88 Å². The number of aromatic nitrogens is 3. The Kier molecular flexibility index (Phi) is 4.75. The van der Waals surface area contributed by atoms with Crippen LogP contribution in [0.1, 0.15) is 28.9 Å². The molecule has 0 spiro atoms. The molecule has 0 radical (unpaired) electrons. The van der Waals surface area contributed by atoms with E-state index < -0.39 is 0 Å². The molecule has 11 heteroatoms. The van der Waals surface area contributed by atoms with Crippen molar-refractivity contribution in [3.63, 3.8) is 0 Å². The minimum Gasteiger partial charge on any atom is -0.454 e. The summed E-state index contributed by atoms with van der Waals surface area (Å²) in [6.45, 7) is 2.03. The second kappa shape index (κ2) is 7.93. The zero-order valence-electron chi connectivity index (χ0n) is 17.6. The van der Waals surface area contributed by atoms with Gasteiger partial charge in [0.2, 0.25) is 12.1 Å². The number of hydrogen-bond donors (Lipinski definition) is 2. The fourth-order valence-electron chi connectivity index (χ4n) is 4.06. The number of amides is 1. The van der Waals surface area contributed by atoms with Crippen molar-refractivity contribution in [2.75, 3.05) is 35.9 Å². The van der Waals surface area contributed by atoms with E-state index in [1.165, 1.54) is 17.8 Å². The molecule has 33 heavy (non-hydrogen) atoms. The average molecular weight is 466 g/mol. The standard InChI is InChI=1S/C22H20N6O4S/c23-19-14-5-6-15(13-4-7-16-17(10-13)31-12-30-16)24-22(14)33-20(19)21(29)25-18-11-28(26-32-18)27-8-2-1-3-9-27/h4-7,10-11H,1-3,8-9,12H2,(H2-,23,25,26,29)/p+1. The number of nitrogens with one attached hydrogen (secondary N) is 1. The lowest BCUT2D eigenvalue weighted by Gasteiger charge is -2.17. The Morgan fingerprint density at radius 1 is 1.12 bits per heavy atom. The maximum Gasteiger partial charge on any atom is 0.306 e. The highest BCUT2D eigenvalue weighted by molar-refractivity contribution is 7.21. The highest BCUT2D eigenvalue weighted by Gasteiger charge is 2.25. The molecule has 1 amide bonds. The Bertz CT molecular complexity index is 1360. The molecule has 6 rings (SSSR count). The Morgan fingerprint density at radius 3 is 2.85 bits per heavy atom. The number of nitrogens with zero attached hydrogens (tertiary/aromatic N) is 4. The normalized spacial score (nSPS) is 15.2. The second-order valence-electron chi connectivity index (χ2n) is 7.92. The number of nitrogens with two attached hydrogens (primary N) is 1. The quantitative estimate of drug-likeness (QED) is 0.442. The molecule has 3 aromatic heterocycles. The summed E-state index contributed by atoms with van der Waals surface area (Å²) >= 11 is 1.24. The van der Waals surface area contributed by atoms with Crippen LogP contribution < -0.4 is 30.3 Å². The number of piperidine rings is 1. The van der Waals surface area contributed by atoms with Crippen LogP contribution in [0.2, 0.25) is 0 Å². The van der Waals surface area contributed by atoms with Crippen molar-refractivity contribution in [3.8, 4) is 22.8 Å². The van der Waals surface area contributed by atoms with Crippen molar-refractivity contribution in [3.05, 3.63) is 41.4 Å². The minimum atomic E-state index is -0.359. The third kappa shape index (κ3) is 3.59. The number of fused-ring (bicyclic) bond motifs is 2. The summed E-state index contributed by atoms with van der Waals surface area (Å²) in [6.07, 6.45) is 5.11. The molecular weight excluding hydrogens is 444 g/mol. The first-order valence-corrected chi connectivity index (χ1v) is 11.5. The average Bonchev–Trinajstić information content (AvgIpc) is 3.58. The summed E-state index contributed by atoms with van der Waals surface area (Å²) in [5, 5.41) is 9.58. The zero-order chi connectivity index (χ0) is 22.4. The van der Waals surface area contributed by atoms with E-state index in [9.17, 15) is 4.79 Å². The molecule has 3 N–H and O–H groups in total. The van der Waals surface area contributed by atoms with Crippen LogP contribution in [-0.4, -0.2) is 36.0 Å². The zero-order valence-corrected chi connectivity index (χ0v) is 18.4. The molecule has 1 fully saturated rings. The fraction of sp³-hybridized carbons (Fsp3) is 0.273. The molecule has 0 saturated carbocycles. The first-order valence-electron chi connectivity index (χ1n) is 10.7. The van der Waals surface area contributed by atoms with E-state index in [0.29, 0.717) is 26.9 Å². The van der Waals surface area contributed by atoms with Crippen molar-refractivity contribution < 1.29 is 23.6 Å². The van der Waals surface area contributed by atoms with Crippen LogP contribution in [0.25, 0.3) is 21.5 Å². The lowest BCUT2D eigenvalue weighted by atomic mass is 10.1. The molecule has 1 aromatic carbocycles. The smallest absolute Gasteiger partial charge is 0.306 e. The number of rotatable bonds is 4. The van der Waals surface area contributed by atoms with Crippen LogP contribution in [0.4, 0.5) is 11.6 Å². The molecule has 2 aliphatic heterocycles. The highest BCUT2D eigenvalue weighted by Crippen LogP contribution is 2.38. The number of carbonyl (C=O) groups is 1. The molecule has 2 aliphatic rings. The molecule has 0 atom stereocenters. The van der Waals surface area contributed by atoms with Crippen LogP contribution in [0.5, 0.6) is 11.5 Å². The van der Waals surface area contributed by atoms with Gasteiger partial charge in [0.15, 0.2) is 11.5 Å². The van der Waals surface area contributed by atoms with Crippen molar-refractivity contribution in [1.82, 2.24) is 10.3 Å². The largest absolute Gasteiger partial charge is 0.454 e. The Labute approximate surface area is 192 Å². The summed E-state index contributed by atoms with van der Waals surface area (Å²) in [6, 6.07) is 9.43. The molecule has 1 saturated heterocycles. The highest BCUT2D eigenvalue weighted by atomic mass is 32.1. The van der Waals surface area contributed by atoms with Gasteiger partial charge in [-0.15, -0.1) is 11.3 Å². The van der Waals surface area contributed by atoms with Crippen molar-refractivity contribution in [1.29, 1.82) is 0 Å². The second-order valence-corrected chi connectivity index (χ2v) is 8.92. The van der Waals surface area contributed by atoms with E-state index in [1.54, 1.807) is 11.0 Å². The van der Waals surface area contributed by atoms with Crippen LogP contribution in [0.3, 0.4) is 0 Å². The van der Waals surface area contributed by atoms with Gasteiger partial charge in [-0.05, 0) is 49.6 Å². The molecule has 5 heterocycles. The van der Waals surface area contributed by atoms with Crippen LogP contribution in [0, 0.1) is 0 Å². The number of ether oxygens (including phenoxy) is 2. The molecule has 0 bridgehead atoms. The summed E-state index contributed by atoms with van der Waals surface area (Å²) in [5.74, 6) is 1.31. The Balaban J connectivity index is 1.24. The van der Waals surface area contributed by atoms with Gasteiger partial charge in [0.1, 0.15) is 9.71 Å². The van der Waals surface area contributed by atoms with Crippen molar-refractivity contribution in [2.45, 2.75) is 19.3 Å². The van der Waals surface area contributed by atoms with Gasteiger partial charge in [-0.3, -0.25) is 14.6 Å². The number of anilines is 2. The molecule has 0 aliphatic carbocycles. The van der Waals surface area contributed by atoms with Crippen molar-refractivity contribution in [2.24, 2.45) is 0 Å².